The lowest BCUT2D eigenvalue weighted by Gasteiger charge is -2.32. The Kier molecular flexibility index (Phi) is 7.24. The van der Waals surface area contributed by atoms with Gasteiger partial charge in [0.05, 0.1) is 24.2 Å². The van der Waals surface area contributed by atoms with Gasteiger partial charge in [0, 0.05) is 31.4 Å². The number of aromatic nitrogens is 3. The van der Waals surface area contributed by atoms with Gasteiger partial charge in [-0.15, -0.1) is 0 Å². The van der Waals surface area contributed by atoms with Crippen LogP contribution in [0.2, 0.25) is 0 Å². The molecule has 1 aromatic carbocycles. The van der Waals surface area contributed by atoms with Crippen LogP contribution in [-0.4, -0.2) is 68.5 Å². The predicted molar refractivity (Wildman–Crippen MR) is 127 cm³/mol. The summed E-state index contributed by atoms with van der Waals surface area (Å²) in [6.45, 7) is 5.89. The van der Waals surface area contributed by atoms with Crippen LogP contribution >= 0.6 is 0 Å². The van der Waals surface area contributed by atoms with E-state index in [0.717, 1.165) is 68.0 Å². The highest BCUT2D eigenvalue weighted by molar-refractivity contribution is 5.79. The second-order valence-corrected chi connectivity index (χ2v) is 8.64. The molecule has 1 aliphatic rings. The van der Waals surface area contributed by atoms with Crippen LogP contribution in [0.3, 0.4) is 0 Å². The van der Waals surface area contributed by atoms with Crippen molar-refractivity contribution in [3.05, 3.63) is 47.3 Å². The van der Waals surface area contributed by atoms with E-state index in [1.807, 2.05) is 13.0 Å². The quantitative estimate of drug-likeness (QED) is 0.405. The number of hydrogen-bond donors (Lipinski definition) is 4. The Labute approximate surface area is 189 Å². The largest absolute Gasteiger partial charge is 0.506 e. The number of piperidine rings is 1. The molecule has 3 aromatic rings. The summed E-state index contributed by atoms with van der Waals surface area (Å²) >= 11 is 0. The molecular formula is C24H34N6O2. The van der Waals surface area contributed by atoms with Gasteiger partial charge in [0.2, 0.25) is 5.95 Å². The maximum absolute atomic E-state index is 10.4. The van der Waals surface area contributed by atoms with Gasteiger partial charge in [0.1, 0.15) is 11.4 Å². The van der Waals surface area contributed by atoms with E-state index in [-0.39, 0.29) is 12.4 Å². The first kappa shape index (κ1) is 22.5. The van der Waals surface area contributed by atoms with Crippen molar-refractivity contribution in [1.29, 1.82) is 0 Å². The van der Waals surface area contributed by atoms with E-state index in [2.05, 4.69) is 38.0 Å². The Hall–Kier alpha value is -2.68. The molecule has 3 heterocycles. The Morgan fingerprint density at radius 2 is 1.97 bits per heavy atom. The highest BCUT2D eigenvalue weighted by atomic mass is 16.3. The lowest BCUT2D eigenvalue weighted by Crippen LogP contribution is -2.40. The minimum absolute atomic E-state index is 0.194. The summed E-state index contributed by atoms with van der Waals surface area (Å²) in [6, 6.07) is 10.2. The number of hydrogen-bond acceptors (Lipinski definition) is 7. The number of pyridine rings is 1. The van der Waals surface area contributed by atoms with Crippen LogP contribution in [-0.2, 0) is 13.0 Å². The van der Waals surface area contributed by atoms with E-state index in [4.69, 9.17) is 10.7 Å². The molecule has 0 atom stereocenters. The van der Waals surface area contributed by atoms with Crippen molar-refractivity contribution < 1.29 is 10.2 Å². The fraction of sp³-hybridized carbons (Fsp3) is 0.500. The number of aliphatic hydroxyl groups is 1. The van der Waals surface area contributed by atoms with Crippen molar-refractivity contribution in [3.8, 4) is 5.75 Å². The van der Waals surface area contributed by atoms with Crippen molar-refractivity contribution in [3.63, 3.8) is 0 Å². The van der Waals surface area contributed by atoms with Crippen molar-refractivity contribution in [2.75, 3.05) is 38.1 Å². The number of likely N-dealkylation sites (tertiary alicyclic amines) is 1. The number of aryl methyl sites for hydroxylation is 2. The van der Waals surface area contributed by atoms with Crippen molar-refractivity contribution in [1.82, 2.24) is 19.4 Å². The van der Waals surface area contributed by atoms with Crippen LogP contribution in [0.4, 0.5) is 5.95 Å². The minimum atomic E-state index is 0.194. The van der Waals surface area contributed by atoms with E-state index >= 15 is 0 Å². The number of β-amino-alcohol motifs (C(OH)–C–C–N with tert-alkyl or cyclic N) is 1. The number of nitrogens with two attached hydrogens (primary N) is 1. The van der Waals surface area contributed by atoms with Crippen LogP contribution in [0.1, 0.15) is 36.2 Å². The Bertz CT molecular complexity index is 1040. The molecule has 4 rings (SSSR count). The number of aliphatic hydroxyl groups excluding tert-OH is 1. The molecule has 172 valence electrons. The van der Waals surface area contributed by atoms with Gasteiger partial charge < -0.3 is 30.7 Å². The zero-order chi connectivity index (χ0) is 22.5. The number of anilines is 1. The average molecular weight is 439 g/mol. The molecule has 8 nitrogen and oxygen atoms in total. The molecule has 1 aliphatic heterocycles. The van der Waals surface area contributed by atoms with Gasteiger partial charge in [-0.1, -0.05) is 6.07 Å². The third-order valence-corrected chi connectivity index (χ3v) is 6.22. The van der Waals surface area contributed by atoms with Gasteiger partial charge in [-0.2, -0.15) is 0 Å². The third-order valence-electron chi connectivity index (χ3n) is 6.22. The SMILES string of the molecule is Cc1ccc(O)c(Cn2c(NC3CCN(CCO)CC3)nc3ccc(CCCN)cc32)n1. The van der Waals surface area contributed by atoms with E-state index in [1.54, 1.807) is 6.07 Å². The van der Waals surface area contributed by atoms with Gasteiger partial charge in [-0.25, -0.2) is 4.98 Å². The molecular weight excluding hydrogens is 404 g/mol. The highest BCUT2D eigenvalue weighted by Crippen LogP contribution is 2.27. The number of benzene rings is 1. The fourth-order valence-electron chi connectivity index (χ4n) is 4.39. The molecule has 0 saturated carbocycles. The van der Waals surface area contributed by atoms with Crippen molar-refractivity contribution in [2.45, 2.75) is 45.2 Å². The highest BCUT2D eigenvalue weighted by Gasteiger charge is 2.22. The monoisotopic (exact) mass is 438 g/mol. The summed E-state index contributed by atoms with van der Waals surface area (Å²) in [5.41, 5.74) is 10.4. The second-order valence-electron chi connectivity index (χ2n) is 8.64. The Morgan fingerprint density at radius 3 is 2.72 bits per heavy atom. The molecule has 0 unspecified atom stereocenters. The number of imidazole rings is 1. The third kappa shape index (κ3) is 5.20. The van der Waals surface area contributed by atoms with Crippen LogP contribution in [0.5, 0.6) is 5.75 Å². The van der Waals surface area contributed by atoms with Gasteiger partial charge >= 0.3 is 0 Å². The first-order valence-electron chi connectivity index (χ1n) is 11.5. The van der Waals surface area contributed by atoms with Crippen LogP contribution in [0, 0.1) is 6.92 Å². The summed E-state index contributed by atoms with van der Waals surface area (Å²) in [5.74, 6) is 0.999. The summed E-state index contributed by atoms with van der Waals surface area (Å²) < 4.78 is 2.13. The van der Waals surface area contributed by atoms with Gasteiger partial charge in [-0.3, -0.25) is 4.98 Å². The summed E-state index contributed by atoms with van der Waals surface area (Å²) in [7, 11) is 0. The van der Waals surface area contributed by atoms with E-state index in [9.17, 15) is 10.2 Å². The van der Waals surface area contributed by atoms with Crippen LogP contribution in [0.25, 0.3) is 11.0 Å². The maximum atomic E-state index is 10.4. The molecule has 5 N–H and O–H groups in total. The minimum Gasteiger partial charge on any atom is -0.506 e. The van der Waals surface area contributed by atoms with E-state index < -0.39 is 0 Å². The van der Waals surface area contributed by atoms with Crippen molar-refractivity contribution >= 4 is 17.0 Å². The van der Waals surface area contributed by atoms with Gasteiger partial charge in [-0.05, 0) is 69.0 Å². The molecule has 0 aliphatic carbocycles. The zero-order valence-electron chi connectivity index (χ0n) is 18.8. The Morgan fingerprint density at radius 1 is 1.16 bits per heavy atom. The van der Waals surface area contributed by atoms with Crippen LogP contribution in [0.15, 0.2) is 30.3 Å². The molecule has 2 aromatic heterocycles. The normalized spacial score (nSPS) is 15.5. The maximum Gasteiger partial charge on any atom is 0.204 e. The number of rotatable bonds is 9. The van der Waals surface area contributed by atoms with Gasteiger partial charge in [0.25, 0.3) is 0 Å². The molecule has 0 bridgehead atoms. The predicted octanol–water partition coefficient (Wildman–Crippen LogP) is 2.25. The van der Waals surface area contributed by atoms with E-state index in [1.165, 1.54) is 5.56 Å². The second kappa shape index (κ2) is 10.3. The van der Waals surface area contributed by atoms with Crippen molar-refractivity contribution in [2.24, 2.45) is 5.73 Å². The molecule has 32 heavy (non-hydrogen) atoms. The molecule has 0 amide bonds. The number of aromatic hydroxyl groups is 1. The standard InChI is InChI=1S/C24H34N6O2/c1-17-4-7-23(32)21(26-17)16-30-22-15-18(3-2-10-25)5-6-20(22)28-24(30)27-19-8-11-29(12-9-19)13-14-31/h4-7,15,19,31-32H,2-3,8-14,16,25H2,1H3,(H,27,28). The molecule has 0 radical (unpaired) electrons. The summed E-state index contributed by atoms with van der Waals surface area (Å²) in [6.07, 6.45) is 3.87. The van der Waals surface area contributed by atoms with Crippen LogP contribution < -0.4 is 11.1 Å². The molecule has 8 heteroatoms. The topological polar surface area (TPSA) is 112 Å². The number of fused-ring (bicyclic) bond motifs is 1. The number of nitrogens with one attached hydrogen (secondary N) is 1. The molecule has 1 saturated heterocycles. The number of nitrogens with zero attached hydrogens (tertiary/aromatic N) is 4. The zero-order valence-corrected chi connectivity index (χ0v) is 18.8. The average Bonchev–Trinajstić information content (AvgIpc) is 3.12. The summed E-state index contributed by atoms with van der Waals surface area (Å²) in [5, 5.41) is 23.3. The fourth-order valence-corrected chi connectivity index (χ4v) is 4.39. The Balaban J connectivity index is 1.64. The van der Waals surface area contributed by atoms with Gasteiger partial charge in [0.15, 0.2) is 0 Å². The first-order chi connectivity index (χ1) is 15.6. The lowest BCUT2D eigenvalue weighted by molar-refractivity contribution is 0.168. The molecule has 0 spiro atoms. The lowest BCUT2D eigenvalue weighted by atomic mass is 10.1. The first-order valence-corrected chi connectivity index (χ1v) is 11.5. The molecule has 1 fully saturated rings. The smallest absolute Gasteiger partial charge is 0.204 e. The summed E-state index contributed by atoms with van der Waals surface area (Å²) in [4.78, 5) is 11.8. The van der Waals surface area contributed by atoms with E-state index in [0.29, 0.717) is 24.8 Å².